The van der Waals surface area contributed by atoms with E-state index in [2.05, 4.69) is 33.0 Å². The van der Waals surface area contributed by atoms with E-state index < -0.39 is 0 Å². The van der Waals surface area contributed by atoms with Crippen molar-refractivity contribution in [1.82, 2.24) is 5.32 Å². The van der Waals surface area contributed by atoms with Crippen molar-refractivity contribution < 1.29 is 0 Å². The highest BCUT2D eigenvalue weighted by Crippen LogP contribution is 2.35. The molecule has 1 fully saturated rings. The molecular formula is C20H41N. The molecule has 0 aromatic rings. The topological polar surface area (TPSA) is 12.0 Å². The van der Waals surface area contributed by atoms with E-state index in [1.165, 1.54) is 77.0 Å². The fraction of sp³-hybridized carbons (Fsp3) is 1.00. The molecule has 2 atom stereocenters. The molecule has 0 bridgehead atoms. The fourth-order valence-electron chi connectivity index (χ4n) is 4.51. The second kappa shape index (κ2) is 11.5. The van der Waals surface area contributed by atoms with Crippen molar-refractivity contribution in [2.75, 3.05) is 0 Å². The lowest BCUT2D eigenvalue weighted by Gasteiger charge is -2.37. The van der Waals surface area contributed by atoms with Gasteiger partial charge in [0.15, 0.2) is 0 Å². The van der Waals surface area contributed by atoms with Crippen LogP contribution in [-0.2, 0) is 0 Å². The van der Waals surface area contributed by atoms with Crippen LogP contribution in [-0.4, -0.2) is 12.1 Å². The van der Waals surface area contributed by atoms with E-state index in [1.807, 2.05) is 0 Å². The standard InChI is InChI=1S/C20H41N/c1-5-10-17(11-6-2)18-14-9-15-20(16-18)21-19(12-7-3)13-8-4/h17-21H,5-16H2,1-4H3. The number of hydrogen-bond acceptors (Lipinski definition) is 1. The largest absolute Gasteiger partial charge is 0.311 e. The molecule has 0 spiro atoms. The van der Waals surface area contributed by atoms with Crippen molar-refractivity contribution in [3.63, 3.8) is 0 Å². The Bertz CT molecular complexity index is 226. The lowest BCUT2D eigenvalue weighted by molar-refractivity contribution is 0.180. The van der Waals surface area contributed by atoms with E-state index in [0.29, 0.717) is 0 Å². The second-order valence-corrected chi connectivity index (χ2v) is 7.40. The third-order valence-electron chi connectivity index (χ3n) is 5.45. The highest BCUT2D eigenvalue weighted by atomic mass is 14.9. The summed E-state index contributed by atoms with van der Waals surface area (Å²) in [5, 5.41) is 4.03. The zero-order valence-corrected chi connectivity index (χ0v) is 15.3. The zero-order chi connectivity index (χ0) is 15.5. The normalized spacial score (nSPS) is 23.1. The van der Waals surface area contributed by atoms with Crippen molar-refractivity contribution in [3.8, 4) is 0 Å². The van der Waals surface area contributed by atoms with Gasteiger partial charge in [0, 0.05) is 12.1 Å². The molecule has 1 rings (SSSR count). The summed E-state index contributed by atoms with van der Waals surface area (Å²) in [6.07, 6.45) is 16.8. The SMILES string of the molecule is CCCC(CCC)NC1CCCC(C(CCC)CCC)C1. The lowest BCUT2D eigenvalue weighted by Crippen LogP contribution is -2.42. The molecule has 0 saturated heterocycles. The molecule has 0 aliphatic heterocycles. The zero-order valence-electron chi connectivity index (χ0n) is 15.3. The predicted molar refractivity (Wildman–Crippen MR) is 95.8 cm³/mol. The monoisotopic (exact) mass is 295 g/mol. The van der Waals surface area contributed by atoms with Crippen LogP contribution in [0.1, 0.15) is 105 Å². The molecule has 0 amide bonds. The van der Waals surface area contributed by atoms with Crippen molar-refractivity contribution >= 4 is 0 Å². The summed E-state index contributed by atoms with van der Waals surface area (Å²) in [7, 11) is 0. The Balaban J connectivity index is 2.49. The van der Waals surface area contributed by atoms with Crippen LogP contribution in [0.4, 0.5) is 0 Å². The Kier molecular flexibility index (Phi) is 10.4. The Morgan fingerprint density at radius 3 is 1.90 bits per heavy atom. The molecule has 2 unspecified atom stereocenters. The minimum atomic E-state index is 0.777. The van der Waals surface area contributed by atoms with Gasteiger partial charge in [-0.1, -0.05) is 79.1 Å². The molecule has 0 aromatic heterocycles. The second-order valence-electron chi connectivity index (χ2n) is 7.40. The average Bonchev–Trinajstić information content (AvgIpc) is 2.48. The molecule has 0 heterocycles. The van der Waals surface area contributed by atoms with Gasteiger partial charge in [-0.3, -0.25) is 0 Å². The van der Waals surface area contributed by atoms with Gasteiger partial charge in [0.2, 0.25) is 0 Å². The van der Waals surface area contributed by atoms with Crippen molar-refractivity contribution in [1.29, 1.82) is 0 Å². The minimum absolute atomic E-state index is 0.777. The summed E-state index contributed by atoms with van der Waals surface area (Å²) in [5.74, 6) is 2.00. The molecule has 1 aliphatic carbocycles. The van der Waals surface area contributed by atoms with Gasteiger partial charge in [-0.15, -0.1) is 0 Å². The highest BCUT2D eigenvalue weighted by molar-refractivity contribution is 4.84. The highest BCUT2D eigenvalue weighted by Gasteiger charge is 2.28. The van der Waals surface area contributed by atoms with Gasteiger partial charge in [0.25, 0.3) is 0 Å². The van der Waals surface area contributed by atoms with Crippen LogP contribution >= 0.6 is 0 Å². The molecule has 1 saturated carbocycles. The quantitative estimate of drug-likeness (QED) is 0.470. The van der Waals surface area contributed by atoms with Crippen LogP contribution in [0.5, 0.6) is 0 Å². The molecule has 1 heteroatoms. The Labute approximate surface area is 134 Å². The summed E-state index contributed by atoms with van der Waals surface area (Å²) in [6.45, 7) is 9.37. The maximum atomic E-state index is 4.03. The van der Waals surface area contributed by atoms with E-state index in [9.17, 15) is 0 Å². The van der Waals surface area contributed by atoms with Gasteiger partial charge in [-0.2, -0.15) is 0 Å². The number of hydrogen-bond donors (Lipinski definition) is 1. The molecule has 1 N–H and O–H groups in total. The predicted octanol–water partition coefficient (Wildman–Crippen LogP) is 6.32. The van der Waals surface area contributed by atoms with Crippen LogP contribution in [0.3, 0.4) is 0 Å². The van der Waals surface area contributed by atoms with E-state index in [1.54, 1.807) is 0 Å². The van der Waals surface area contributed by atoms with Gasteiger partial charge in [-0.05, 0) is 37.5 Å². The summed E-state index contributed by atoms with van der Waals surface area (Å²) < 4.78 is 0. The summed E-state index contributed by atoms with van der Waals surface area (Å²) in [4.78, 5) is 0. The first-order chi connectivity index (χ1) is 10.2. The third kappa shape index (κ3) is 7.17. The lowest BCUT2D eigenvalue weighted by atomic mass is 9.74. The average molecular weight is 296 g/mol. The van der Waals surface area contributed by atoms with Crippen LogP contribution in [0, 0.1) is 11.8 Å². The summed E-state index contributed by atoms with van der Waals surface area (Å²) >= 11 is 0. The first-order valence-electron chi connectivity index (χ1n) is 10.0. The molecule has 126 valence electrons. The van der Waals surface area contributed by atoms with Crippen molar-refractivity contribution in [3.05, 3.63) is 0 Å². The van der Waals surface area contributed by atoms with Crippen LogP contribution in [0.15, 0.2) is 0 Å². The number of nitrogens with one attached hydrogen (secondary N) is 1. The minimum Gasteiger partial charge on any atom is -0.311 e. The van der Waals surface area contributed by atoms with Crippen LogP contribution in [0.2, 0.25) is 0 Å². The van der Waals surface area contributed by atoms with Crippen LogP contribution < -0.4 is 5.32 Å². The van der Waals surface area contributed by atoms with Crippen molar-refractivity contribution in [2.45, 2.75) is 117 Å². The maximum absolute atomic E-state index is 4.03. The van der Waals surface area contributed by atoms with Crippen molar-refractivity contribution in [2.24, 2.45) is 11.8 Å². The van der Waals surface area contributed by atoms with E-state index in [4.69, 9.17) is 0 Å². The van der Waals surface area contributed by atoms with Gasteiger partial charge in [0.1, 0.15) is 0 Å². The van der Waals surface area contributed by atoms with Gasteiger partial charge in [-0.25, -0.2) is 0 Å². The van der Waals surface area contributed by atoms with Gasteiger partial charge < -0.3 is 5.32 Å². The van der Waals surface area contributed by atoms with Gasteiger partial charge >= 0.3 is 0 Å². The van der Waals surface area contributed by atoms with Gasteiger partial charge in [0.05, 0.1) is 0 Å². The van der Waals surface area contributed by atoms with E-state index in [-0.39, 0.29) is 0 Å². The Morgan fingerprint density at radius 2 is 1.38 bits per heavy atom. The third-order valence-corrected chi connectivity index (χ3v) is 5.45. The molecule has 21 heavy (non-hydrogen) atoms. The van der Waals surface area contributed by atoms with E-state index in [0.717, 1.165) is 23.9 Å². The van der Waals surface area contributed by atoms with Crippen LogP contribution in [0.25, 0.3) is 0 Å². The summed E-state index contributed by atoms with van der Waals surface area (Å²) in [5.41, 5.74) is 0. The molecule has 1 nitrogen and oxygen atoms in total. The maximum Gasteiger partial charge on any atom is 0.00723 e. The van der Waals surface area contributed by atoms with E-state index >= 15 is 0 Å². The molecule has 0 radical (unpaired) electrons. The molecule has 1 aliphatic rings. The Morgan fingerprint density at radius 1 is 0.810 bits per heavy atom. The first kappa shape index (κ1) is 19.0. The molecule has 0 aromatic carbocycles. The molecular weight excluding hydrogens is 254 g/mol. The fourth-order valence-corrected chi connectivity index (χ4v) is 4.51. The first-order valence-corrected chi connectivity index (χ1v) is 10.0. The Hall–Kier alpha value is -0.0400. The smallest absolute Gasteiger partial charge is 0.00723 e. The summed E-state index contributed by atoms with van der Waals surface area (Å²) in [6, 6.07) is 1.59. The number of rotatable bonds is 11.